The van der Waals surface area contributed by atoms with Gasteiger partial charge in [0.05, 0.1) is 11.3 Å². The van der Waals surface area contributed by atoms with Gasteiger partial charge in [-0.25, -0.2) is 14.8 Å². The van der Waals surface area contributed by atoms with Crippen LogP contribution in [0.2, 0.25) is 0 Å². The van der Waals surface area contributed by atoms with Crippen LogP contribution in [-0.4, -0.2) is 16.1 Å². The maximum atomic E-state index is 12.5. The van der Waals surface area contributed by atoms with E-state index >= 15 is 0 Å². The lowest BCUT2D eigenvalue weighted by molar-refractivity contribution is -0.138. The summed E-state index contributed by atoms with van der Waals surface area (Å²) in [4.78, 5) is 18.6. The summed E-state index contributed by atoms with van der Waals surface area (Å²) in [5.41, 5.74) is -1.24. The molecule has 1 heterocycles. The molecule has 0 aliphatic rings. The molecule has 0 aliphatic heterocycles. The molecular formula is C13H10F3N3O2. The third kappa shape index (κ3) is 3.91. The van der Waals surface area contributed by atoms with E-state index in [4.69, 9.17) is 4.74 Å². The number of nitrogens with one attached hydrogen (secondary N) is 1. The van der Waals surface area contributed by atoms with E-state index in [1.165, 1.54) is 6.92 Å². The third-order valence-corrected chi connectivity index (χ3v) is 2.45. The molecule has 1 amide bonds. The first-order valence-electron chi connectivity index (χ1n) is 5.81. The molecule has 0 bridgehead atoms. The number of benzene rings is 1. The number of amides is 1. The first kappa shape index (κ1) is 14.8. The molecule has 0 unspecified atom stereocenters. The number of aromatic nitrogens is 2. The number of carbonyl (C=O) groups is 1. The number of nitrogens with zero attached hydrogens (tertiary/aromatic N) is 2. The van der Waals surface area contributed by atoms with E-state index in [1.807, 2.05) is 0 Å². The number of alkyl halides is 3. The SMILES string of the molecule is Cc1nc(NC(=O)Oc2ccccc2)ncc1C(F)(F)F. The fourth-order valence-electron chi connectivity index (χ4n) is 1.52. The quantitative estimate of drug-likeness (QED) is 0.922. The Hall–Kier alpha value is -2.64. The predicted molar refractivity (Wildman–Crippen MR) is 67.9 cm³/mol. The highest BCUT2D eigenvalue weighted by Crippen LogP contribution is 2.30. The van der Waals surface area contributed by atoms with E-state index in [0.717, 1.165) is 0 Å². The highest BCUT2D eigenvalue weighted by Gasteiger charge is 2.33. The van der Waals surface area contributed by atoms with Crippen molar-refractivity contribution in [1.29, 1.82) is 0 Å². The summed E-state index contributed by atoms with van der Waals surface area (Å²) in [6, 6.07) is 8.19. The van der Waals surface area contributed by atoms with Crippen LogP contribution in [0.4, 0.5) is 23.9 Å². The van der Waals surface area contributed by atoms with Crippen molar-refractivity contribution in [3.63, 3.8) is 0 Å². The Bertz CT molecular complexity index is 645. The maximum Gasteiger partial charge on any atom is 0.419 e. The minimum Gasteiger partial charge on any atom is -0.410 e. The van der Waals surface area contributed by atoms with Gasteiger partial charge in [0.1, 0.15) is 5.75 Å². The number of anilines is 1. The Morgan fingerprint density at radius 2 is 1.90 bits per heavy atom. The number of ether oxygens (including phenoxy) is 1. The highest BCUT2D eigenvalue weighted by molar-refractivity contribution is 5.84. The molecule has 0 saturated heterocycles. The summed E-state index contributed by atoms with van der Waals surface area (Å²) < 4.78 is 42.5. The van der Waals surface area contributed by atoms with Crippen molar-refractivity contribution in [2.45, 2.75) is 13.1 Å². The van der Waals surface area contributed by atoms with Crippen LogP contribution in [0, 0.1) is 6.92 Å². The molecule has 21 heavy (non-hydrogen) atoms. The van der Waals surface area contributed by atoms with Gasteiger partial charge >= 0.3 is 12.3 Å². The fourth-order valence-corrected chi connectivity index (χ4v) is 1.52. The van der Waals surface area contributed by atoms with E-state index in [-0.39, 0.29) is 11.6 Å². The van der Waals surface area contributed by atoms with Crippen molar-refractivity contribution in [2.75, 3.05) is 5.32 Å². The summed E-state index contributed by atoms with van der Waals surface area (Å²) >= 11 is 0. The van der Waals surface area contributed by atoms with Crippen LogP contribution >= 0.6 is 0 Å². The molecule has 8 heteroatoms. The van der Waals surface area contributed by atoms with Crippen molar-refractivity contribution in [3.8, 4) is 5.75 Å². The Morgan fingerprint density at radius 3 is 2.48 bits per heavy atom. The number of aryl methyl sites for hydroxylation is 1. The number of hydrogen-bond donors (Lipinski definition) is 1. The van der Waals surface area contributed by atoms with E-state index in [9.17, 15) is 18.0 Å². The van der Waals surface area contributed by atoms with Gasteiger partial charge in [-0.3, -0.25) is 5.32 Å². The van der Waals surface area contributed by atoms with Gasteiger partial charge in [-0.1, -0.05) is 18.2 Å². The highest BCUT2D eigenvalue weighted by atomic mass is 19.4. The van der Waals surface area contributed by atoms with Crippen molar-refractivity contribution in [2.24, 2.45) is 0 Å². The van der Waals surface area contributed by atoms with E-state index in [0.29, 0.717) is 11.9 Å². The normalized spacial score (nSPS) is 11.0. The molecule has 0 radical (unpaired) electrons. The maximum absolute atomic E-state index is 12.5. The Kier molecular flexibility index (Phi) is 4.06. The Balaban J connectivity index is 2.07. The van der Waals surface area contributed by atoms with Gasteiger partial charge in [0.15, 0.2) is 0 Å². The number of hydrogen-bond acceptors (Lipinski definition) is 4. The molecule has 2 rings (SSSR count). The minimum absolute atomic E-state index is 0.263. The van der Waals surface area contributed by atoms with E-state index in [1.54, 1.807) is 30.3 Å². The van der Waals surface area contributed by atoms with Crippen LogP contribution in [0.1, 0.15) is 11.3 Å². The van der Waals surface area contributed by atoms with Crippen LogP contribution in [-0.2, 0) is 6.18 Å². The molecule has 1 aromatic heterocycles. The van der Waals surface area contributed by atoms with Crippen molar-refractivity contribution < 1.29 is 22.7 Å². The largest absolute Gasteiger partial charge is 0.419 e. The Morgan fingerprint density at radius 1 is 1.24 bits per heavy atom. The number of halogens is 3. The molecule has 0 atom stereocenters. The van der Waals surface area contributed by atoms with Crippen molar-refractivity contribution >= 4 is 12.0 Å². The monoisotopic (exact) mass is 297 g/mol. The summed E-state index contributed by atoms with van der Waals surface area (Å²) in [7, 11) is 0. The molecule has 0 saturated carbocycles. The average molecular weight is 297 g/mol. The van der Waals surface area contributed by atoms with Crippen molar-refractivity contribution in [3.05, 3.63) is 47.8 Å². The average Bonchev–Trinajstić information content (AvgIpc) is 2.38. The smallest absolute Gasteiger partial charge is 0.410 e. The zero-order valence-corrected chi connectivity index (χ0v) is 10.8. The Labute approximate surface area is 117 Å². The van der Waals surface area contributed by atoms with Gasteiger partial charge in [0.25, 0.3) is 0 Å². The van der Waals surface area contributed by atoms with Gasteiger partial charge in [0, 0.05) is 6.20 Å². The van der Waals surface area contributed by atoms with Crippen molar-refractivity contribution in [1.82, 2.24) is 9.97 Å². The molecule has 1 N–H and O–H groups in total. The van der Waals surface area contributed by atoms with Gasteiger partial charge in [0.2, 0.25) is 5.95 Å². The third-order valence-electron chi connectivity index (χ3n) is 2.45. The molecule has 5 nitrogen and oxygen atoms in total. The van der Waals surface area contributed by atoms with Crippen LogP contribution in [0.5, 0.6) is 5.75 Å². The first-order chi connectivity index (χ1) is 9.86. The second-order valence-corrected chi connectivity index (χ2v) is 4.02. The molecule has 1 aromatic carbocycles. The minimum atomic E-state index is -4.53. The summed E-state index contributed by atoms with van der Waals surface area (Å²) in [6.07, 6.45) is -4.81. The molecule has 0 fully saturated rings. The van der Waals surface area contributed by atoms with Gasteiger partial charge in [-0.2, -0.15) is 13.2 Å². The van der Waals surface area contributed by atoms with Gasteiger partial charge in [-0.15, -0.1) is 0 Å². The zero-order valence-electron chi connectivity index (χ0n) is 10.8. The molecule has 110 valence electrons. The standard InChI is InChI=1S/C13H10F3N3O2/c1-8-10(13(14,15)16)7-17-11(18-8)19-12(20)21-9-5-3-2-4-6-9/h2-7H,1H3,(H,17,18,19,20). The molecule has 0 aliphatic carbocycles. The summed E-state index contributed by atoms with van der Waals surface area (Å²) in [5, 5.41) is 2.16. The number of carbonyl (C=O) groups excluding carboxylic acids is 1. The topological polar surface area (TPSA) is 64.1 Å². The lowest BCUT2D eigenvalue weighted by atomic mass is 10.2. The van der Waals surface area contributed by atoms with Crippen LogP contribution in [0.3, 0.4) is 0 Å². The molecule has 2 aromatic rings. The second kappa shape index (κ2) is 5.78. The number of rotatable bonds is 2. The summed E-state index contributed by atoms with van der Waals surface area (Å²) in [5.74, 6) is 0.0278. The van der Waals surface area contributed by atoms with Crippen LogP contribution in [0.15, 0.2) is 36.5 Å². The van der Waals surface area contributed by atoms with Crippen LogP contribution in [0.25, 0.3) is 0 Å². The van der Waals surface area contributed by atoms with Gasteiger partial charge in [-0.05, 0) is 19.1 Å². The number of para-hydroxylation sites is 1. The lowest BCUT2D eigenvalue weighted by Gasteiger charge is -2.10. The zero-order chi connectivity index (χ0) is 15.5. The first-order valence-corrected chi connectivity index (χ1v) is 5.81. The van der Waals surface area contributed by atoms with Crippen LogP contribution < -0.4 is 10.1 Å². The van der Waals surface area contributed by atoms with E-state index < -0.39 is 17.8 Å². The molecular weight excluding hydrogens is 287 g/mol. The van der Waals surface area contributed by atoms with E-state index in [2.05, 4.69) is 15.3 Å². The summed E-state index contributed by atoms with van der Waals surface area (Å²) in [6.45, 7) is 1.18. The predicted octanol–water partition coefficient (Wildman–Crippen LogP) is 3.41. The fraction of sp³-hybridized carbons (Fsp3) is 0.154. The van der Waals surface area contributed by atoms with Gasteiger partial charge < -0.3 is 4.74 Å². The molecule has 0 spiro atoms. The second-order valence-electron chi connectivity index (χ2n) is 4.02. The lowest BCUT2D eigenvalue weighted by Crippen LogP contribution is -2.19.